The molecule has 1 fully saturated rings. The fourth-order valence-electron chi connectivity index (χ4n) is 2.36. The first kappa shape index (κ1) is 18.3. The molecule has 5 nitrogen and oxygen atoms in total. The van der Waals surface area contributed by atoms with Crippen LogP contribution in [0.5, 0.6) is 0 Å². The zero-order chi connectivity index (χ0) is 17.6. The quantitative estimate of drug-likeness (QED) is 0.773. The summed E-state index contributed by atoms with van der Waals surface area (Å²) in [5.41, 5.74) is 1.67. The van der Waals surface area contributed by atoms with E-state index < -0.39 is 12.8 Å². The van der Waals surface area contributed by atoms with E-state index in [0.29, 0.717) is 13.0 Å². The second kappa shape index (κ2) is 8.14. The van der Waals surface area contributed by atoms with Gasteiger partial charge in [0.2, 0.25) is 11.8 Å². The van der Waals surface area contributed by atoms with Gasteiger partial charge in [-0.15, -0.1) is 0 Å². The summed E-state index contributed by atoms with van der Waals surface area (Å²) in [6, 6.07) is 7.25. The Balaban J connectivity index is 1.70. The number of alkyl halides is 3. The van der Waals surface area contributed by atoms with Crippen molar-refractivity contribution in [2.75, 3.05) is 24.7 Å². The average Bonchev–Trinajstić information content (AvgIpc) is 2.95. The minimum absolute atomic E-state index is 0.106. The zero-order valence-corrected chi connectivity index (χ0v) is 13.1. The lowest BCUT2D eigenvalue weighted by molar-refractivity contribution is -0.174. The third kappa shape index (κ3) is 5.84. The molecule has 1 heterocycles. The van der Waals surface area contributed by atoms with Crippen LogP contribution in [0.3, 0.4) is 0 Å². The number of benzene rings is 1. The van der Waals surface area contributed by atoms with E-state index in [1.54, 1.807) is 17.0 Å². The maximum atomic E-state index is 11.9. The number of amides is 2. The largest absolute Gasteiger partial charge is 0.411 e. The van der Waals surface area contributed by atoms with Gasteiger partial charge in [0.15, 0.2) is 0 Å². The van der Waals surface area contributed by atoms with E-state index in [1.165, 1.54) is 0 Å². The van der Waals surface area contributed by atoms with Gasteiger partial charge in [-0.1, -0.05) is 12.1 Å². The lowest BCUT2D eigenvalue weighted by Crippen LogP contribution is -2.25. The van der Waals surface area contributed by atoms with E-state index in [9.17, 15) is 22.8 Å². The second-order valence-corrected chi connectivity index (χ2v) is 5.51. The summed E-state index contributed by atoms with van der Waals surface area (Å²) in [7, 11) is 0. The topological polar surface area (TPSA) is 58.6 Å². The van der Waals surface area contributed by atoms with Crippen molar-refractivity contribution in [2.45, 2.75) is 32.0 Å². The minimum Gasteiger partial charge on any atom is -0.372 e. The molecule has 0 aromatic heterocycles. The summed E-state index contributed by atoms with van der Waals surface area (Å²) in [6.45, 7) is -0.641. The van der Waals surface area contributed by atoms with E-state index in [2.05, 4.69) is 10.1 Å². The second-order valence-electron chi connectivity index (χ2n) is 5.51. The molecule has 0 bridgehead atoms. The van der Waals surface area contributed by atoms with Gasteiger partial charge in [-0.3, -0.25) is 9.59 Å². The molecule has 1 aliphatic rings. The van der Waals surface area contributed by atoms with Crippen LogP contribution in [0.15, 0.2) is 24.3 Å². The first-order chi connectivity index (χ1) is 11.3. The molecular weight excluding hydrogens is 325 g/mol. The van der Waals surface area contributed by atoms with Crippen LogP contribution >= 0.6 is 0 Å². The molecule has 0 aliphatic carbocycles. The summed E-state index contributed by atoms with van der Waals surface area (Å²) in [4.78, 5) is 24.9. The van der Waals surface area contributed by atoms with Crippen molar-refractivity contribution in [3.05, 3.63) is 29.8 Å². The predicted molar refractivity (Wildman–Crippen MR) is 81.4 cm³/mol. The molecule has 1 aromatic carbocycles. The first-order valence-corrected chi connectivity index (χ1v) is 7.66. The number of nitrogens with one attached hydrogen (secondary N) is 1. The molecule has 0 saturated carbocycles. The van der Waals surface area contributed by atoms with Gasteiger partial charge in [-0.05, 0) is 24.1 Å². The zero-order valence-electron chi connectivity index (χ0n) is 13.1. The van der Waals surface area contributed by atoms with Crippen LogP contribution in [0.2, 0.25) is 0 Å². The maximum absolute atomic E-state index is 11.9. The molecule has 1 aliphatic heterocycles. The number of ether oxygens (including phenoxy) is 1. The summed E-state index contributed by atoms with van der Waals surface area (Å²) in [5.74, 6) is -0.272. The monoisotopic (exact) mass is 344 g/mol. The molecule has 1 aromatic rings. The van der Waals surface area contributed by atoms with Crippen LogP contribution in [0.1, 0.15) is 24.8 Å². The molecule has 0 unspecified atom stereocenters. The van der Waals surface area contributed by atoms with Crippen molar-refractivity contribution in [3.8, 4) is 0 Å². The third-order valence-corrected chi connectivity index (χ3v) is 3.55. The Kier molecular flexibility index (Phi) is 6.19. The van der Waals surface area contributed by atoms with Crippen molar-refractivity contribution >= 4 is 17.5 Å². The fourth-order valence-corrected chi connectivity index (χ4v) is 2.36. The van der Waals surface area contributed by atoms with Crippen molar-refractivity contribution in [3.63, 3.8) is 0 Å². The Morgan fingerprint density at radius 3 is 2.54 bits per heavy atom. The van der Waals surface area contributed by atoms with Crippen molar-refractivity contribution < 1.29 is 27.5 Å². The Hall–Kier alpha value is -2.09. The Morgan fingerprint density at radius 2 is 1.96 bits per heavy atom. The number of halogens is 3. The lowest BCUT2D eigenvalue weighted by Gasteiger charge is -2.16. The maximum Gasteiger partial charge on any atom is 0.411 e. The van der Waals surface area contributed by atoms with Crippen molar-refractivity contribution in [2.24, 2.45) is 0 Å². The van der Waals surface area contributed by atoms with E-state index in [-0.39, 0.29) is 31.4 Å². The number of carbonyl (C=O) groups excluding carboxylic acids is 2. The summed E-state index contributed by atoms with van der Waals surface area (Å²) in [6.07, 6.45) is -3.09. The van der Waals surface area contributed by atoms with E-state index in [1.807, 2.05) is 12.1 Å². The smallest absolute Gasteiger partial charge is 0.372 e. The first-order valence-electron chi connectivity index (χ1n) is 7.66. The lowest BCUT2D eigenvalue weighted by atomic mass is 10.2. The molecular formula is C16H19F3N2O3. The molecule has 0 atom stereocenters. The Morgan fingerprint density at radius 1 is 1.25 bits per heavy atom. The molecule has 2 rings (SSSR count). The van der Waals surface area contributed by atoms with Gasteiger partial charge in [-0.25, -0.2) is 0 Å². The highest BCUT2D eigenvalue weighted by Gasteiger charge is 2.27. The van der Waals surface area contributed by atoms with Gasteiger partial charge in [0, 0.05) is 31.6 Å². The SMILES string of the molecule is O=C(CCOCC(F)(F)F)NCc1ccc(N2CCCC2=O)cc1. The van der Waals surface area contributed by atoms with E-state index in [0.717, 1.165) is 17.7 Å². The number of rotatable bonds is 7. The molecule has 8 heteroatoms. The normalized spacial score (nSPS) is 15.0. The minimum atomic E-state index is -4.38. The van der Waals surface area contributed by atoms with E-state index >= 15 is 0 Å². The number of nitrogens with zero attached hydrogens (tertiary/aromatic N) is 1. The van der Waals surface area contributed by atoms with Crippen LogP contribution in [-0.4, -0.2) is 37.7 Å². The van der Waals surface area contributed by atoms with Crippen molar-refractivity contribution in [1.82, 2.24) is 5.32 Å². The summed E-state index contributed by atoms with van der Waals surface area (Å²) in [5, 5.41) is 2.61. The molecule has 1 saturated heterocycles. The van der Waals surface area contributed by atoms with Crippen LogP contribution < -0.4 is 10.2 Å². The number of anilines is 1. The molecule has 24 heavy (non-hydrogen) atoms. The number of carbonyl (C=O) groups is 2. The van der Waals surface area contributed by atoms with E-state index in [4.69, 9.17) is 0 Å². The highest BCUT2D eigenvalue weighted by Crippen LogP contribution is 2.21. The van der Waals surface area contributed by atoms with Crippen LogP contribution in [-0.2, 0) is 20.9 Å². The van der Waals surface area contributed by atoms with Crippen LogP contribution in [0, 0.1) is 0 Å². The van der Waals surface area contributed by atoms with Gasteiger partial charge in [0.25, 0.3) is 0 Å². The Labute approximate surface area is 137 Å². The highest BCUT2D eigenvalue weighted by molar-refractivity contribution is 5.95. The van der Waals surface area contributed by atoms with Gasteiger partial charge >= 0.3 is 6.18 Å². The highest BCUT2D eigenvalue weighted by atomic mass is 19.4. The van der Waals surface area contributed by atoms with Gasteiger partial charge in [0.1, 0.15) is 6.61 Å². The van der Waals surface area contributed by atoms with Gasteiger partial charge in [-0.2, -0.15) is 13.2 Å². The molecule has 0 spiro atoms. The summed E-state index contributed by atoms with van der Waals surface area (Å²) >= 11 is 0. The standard InChI is InChI=1S/C16H19F3N2O3/c17-16(18,19)11-24-9-7-14(22)20-10-12-3-5-13(6-4-12)21-8-1-2-15(21)23/h3-6H,1-2,7-11H2,(H,20,22). The average molecular weight is 344 g/mol. The molecule has 132 valence electrons. The third-order valence-electron chi connectivity index (χ3n) is 3.55. The van der Waals surface area contributed by atoms with Crippen LogP contribution in [0.25, 0.3) is 0 Å². The van der Waals surface area contributed by atoms with Crippen molar-refractivity contribution in [1.29, 1.82) is 0 Å². The van der Waals surface area contributed by atoms with Gasteiger partial charge in [0.05, 0.1) is 6.61 Å². The molecule has 0 radical (unpaired) electrons. The van der Waals surface area contributed by atoms with Crippen LogP contribution in [0.4, 0.5) is 18.9 Å². The number of hydrogen-bond acceptors (Lipinski definition) is 3. The molecule has 2 amide bonds. The Bertz CT molecular complexity index is 573. The predicted octanol–water partition coefficient (Wildman–Crippen LogP) is 2.40. The summed E-state index contributed by atoms with van der Waals surface area (Å²) < 4.78 is 40.0. The van der Waals surface area contributed by atoms with Gasteiger partial charge < -0.3 is 15.0 Å². The fraction of sp³-hybridized carbons (Fsp3) is 0.500. The number of hydrogen-bond donors (Lipinski definition) is 1. The molecule has 1 N–H and O–H groups in total.